The van der Waals surface area contributed by atoms with Gasteiger partial charge in [0.25, 0.3) is 0 Å². The zero-order valence-corrected chi connectivity index (χ0v) is 26.5. The third kappa shape index (κ3) is 11.8. The molecule has 1 unspecified atom stereocenters. The van der Waals surface area contributed by atoms with E-state index in [0.29, 0.717) is 12.8 Å². The highest BCUT2D eigenvalue weighted by atomic mass is 32.1. The van der Waals surface area contributed by atoms with Gasteiger partial charge in [-0.05, 0) is 24.7 Å². The van der Waals surface area contributed by atoms with Gasteiger partial charge in [-0.15, -0.1) is 0 Å². The number of aliphatic carboxylic acids is 3. The van der Waals surface area contributed by atoms with Crippen molar-refractivity contribution in [2.75, 3.05) is 12.3 Å². The number of hydrogen-bond acceptors (Lipinski definition) is 10. The van der Waals surface area contributed by atoms with Crippen molar-refractivity contribution in [2.45, 2.75) is 96.1 Å². The van der Waals surface area contributed by atoms with Gasteiger partial charge in [-0.25, -0.2) is 4.79 Å². The lowest BCUT2D eigenvalue weighted by Crippen LogP contribution is -2.61. The van der Waals surface area contributed by atoms with Gasteiger partial charge in [0.1, 0.15) is 30.2 Å². The van der Waals surface area contributed by atoms with Gasteiger partial charge >= 0.3 is 17.9 Å². The van der Waals surface area contributed by atoms with E-state index >= 15 is 0 Å². The Hall–Kier alpha value is -3.93. The van der Waals surface area contributed by atoms with Crippen LogP contribution in [-0.4, -0.2) is 116 Å². The number of nitrogens with two attached hydrogens (primary N) is 1. The molecule has 0 saturated carbocycles. The molecule has 1 saturated heterocycles. The summed E-state index contributed by atoms with van der Waals surface area (Å²) in [6.07, 6.45) is -0.576. The van der Waals surface area contributed by atoms with Crippen molar-refractivity contribution in [2.24, 2.45) is 17.6 Å². The van der Waals surface area contributed by atoms with Crippen LogP contribution in [0.4, 0.5) is 0 Å². The van der Waals surface area contributed by atoms with Gasteiger partial charge in [-0.3, -0.25) is 33.6 Å². The molecule has 0 bridgehead atoms. The fourth-order valence-electron chi connectivity index (χ4n) is 4.59. The zero-order chi connectivity index (χ0) is 34.6. The molecule has 1 aliphatic rings. The number of likely N-dealkylation sites (tertiary alicyclic amines) is 1. The first-order valence-corrected chi connectivity index (χ1v) is 15.1. The molecule has 1 heterocycles. The van der Waals surface area contributed by atoms with Crippen LogP contribution in [0, 0.1) is 11.8 Å². The molecule has 7 atom stereocenters. The molecule has 1 fully saturated rings. The first kappa shape index (κ1) is 39.1. The van der Waals surface area contributed by atoms with E-state index in [0.717, 1.165) is 0 Å². The van der Waals surface area contributed by atoms with Gasteiger partial charge in [0, 0.05) is 12.3 Å². The van der Waals surface area contributed by atoms with Crippen molar-refractivity contribution in [3.05, 3.63) is 0 Å². The molecule has 0 radical (unpaired) electrons. The summed E-state index contributed by atoms with van der Waals surface area (Å²) in [5.74, 6) is -9.50. The van der Waals surface area contributed by atoms with Crippen molar-refractivity contribution in [3.63, 3.8) is 0 Å². The van der Waals surface area contributed by atoms with Crippen LogP contribution in [0.25, 0.3) is 0 Å². The van der Waals surface area contributed by atoms with E-state index in [9.17, 15) is 48.6 Å². The minimum atomic E-state index is -1.70. The molecular weight excluding hydrogens is 616 g/mol. The zero-order valence-electron chi connectivity index (χ0n) is 25.6. The minimum Gasteiger partial charge on any atom is -0.481 e. The minimum absolute atomic E-state index is 0.165. The number of nitrogens with one attached hydrogen (secondary N) is 4. The Labute approximate surface area is 265 Å². The second-order valence-corrected chi connectivity index (χ2v) is 11.6. The number of hydrogen-bond donors (Lipinski definition) is 9. The first-order valence-electron chi connectivity index (χ1n) is 14.5. The Bertz CT molecular complexity index is 1140. The van der Waals surface area contributed by atoms with Crippen molar-refractivity contribution in [3.8, 4) is 0 Å². The molecule has 1 rings (SSSR count). The second-order valence-electron chi connectivity index (χ2n) is 11.2. The fraction of sp³-hybridized carbons (Fsp3) is 0.704. The Morgan fingerprint density at radius 2 is 1.40 bits per heavy atom. The van der Waals surface area contributed by atoms with Gasteiger partial charge in [-0.2, -0.15) is 12.6 Å². The number of carbonyl (C=O) groups is 8. The van der Waals surface area contributed by atoms with E-state index < -0.39 is 108 Å². The third-order valence-electron chi connectivity index (χ3n) is 7.40. The molecule has 0 aromatic carbocycles. The molecule has 0 aromatic heterocycles. The summed E-state index contributed by atoms with van der Waals surface area (Å²) < 4.78 is 0. The van der Waals surface area contributed by atoms with E-state index in [2.05, 4.69) is 33.9 Å². The summed E-state index contributed by atoms with van der Waals surface area (Å²) in [6, 6.07) is -7.95. The summed E-state index contributed by atoms with van der Waals surface area (Å²) in [6.45, 7) is 6.86. The Morgan fingerprint density at radius 1 is 0.822 bits per heavy atom. The smallest absolute Gasteiger partial charge is 0.327 e. The molecule has 0 aliphatic carbocycles. The van der Waals surface area contributed by atoms with Crippen LogP contribution in [0.2, 0.25) is 0 Å². The van der Waals surface area contributed by atoms with Gasteiger partial charge in [0.15, 0.2) is 0 Å². The van der Waals surface area contributed by atoms with Gasteiger partial charge in [0.05, 0.1) is 18.9 Å². The highest BCUT2D eigenvalue weighted by Gasteiger charge is 2.41. The molecule has 45 heavy (non-hydrogen) atoms. The standard InChI is InChI=1S/C27H44N6O11S/c1-5-13(4)21(32-23(39)15(10-19(36)37)29-22(38)14(28)9-18(34)35)25(41)31-20(12(2)3)26(42)33-8-6-7-17(33)24(40)30-16(11-45)27(43)44/h12-17,20-21,45H,5-11,28H2,1-4H3,(H,29,38)(H,30,40)(H,31,41)(H,32,39)(H,34,35)(H,36,37)(H,43,44)/t13?,14-,15-,16-,17-,20-,21-/m0/s1. The van der Waals surface area contributed by atoms with E-state index in [4.69, 9.17) is 10.8 Å². The summed E-state index contributed by atoms with van der Waals surface area (Å²) in [5, 5.41) is 37.0. The van der Waals surface area contributed by atoms with E-state index in [1.807, 2.05) is 0 Å². The molecule has 18 heteroatoms. The maximum Gasteiger partial charge on any atom is 0.327 e. The summed E-state index contributed by atoms with van der Waals surface area (Å²) in [5.41, 5.74) is 5.53. The van der Waals surface area contributed by atoms with E-state index in [1.54, 1.807) is 27.7 Å². The number of carboxylic acids is 3. The predicted octanol–water partition coefficient (Wildman–Crippen LogP) is -2.09. The highest BCUT2D eigenvalue weighted by molar-refractivity contribution is 7.80. The Kier molecular flexibility index (Phi) is 15.8. The SMILES string of the molecule is CCC(C)[C@H](NC(=O)[C@H](CC(=O)O)NC(=O)[C@@H](N)CC(=O)O)C(=O)N[C@H](C(=O)N1CCC[C@H]1C(=O)N[C@@H](CS)C(=O)O)C(C)C. The molecule has 254 valence electrons. The maximum absolute atomic E-state index is 13.6. The highest BCUT2D eigenvalue weighted by Crippen LogP contribution is 2.21. The summed E-state index contributed by atoms with van der Waals surface area (Å²) in [4.78, 5) is 100. The number of rotatable bonds is 18. The first-order chi connectivity index (χ1) is 20.9. The van der Waals surface area contributed by atoms with Crippen LogP contribution in [-0.2, 0) is 38.4 Å². The van der Waals surface area contributed by atoms with Crippen LogP contribution in [0.5, 0.6) is 0 Å². The average molecular weight is 661 g/mol. The quantitative estimate of drug-likeness (QED) is 0.0716. The van der Waals surface area contributed by atoms with Crippen LogP contribution in [0.3, 0.4) is 0 Å². The molecule has 5 amide bonds. The molecule has 0 aromatic rings. The number of thiol groups is 1. The monoisotopic (exact) mass is 660 g/mol. The number of carboxylic acid groups (broad SMARTS) is 3. The van der Waals surface area contributed by atoms with Crippen molar-refractivity contribution >= 4 is 60.1 Å². The number of nitrogens with zero attached hydrogens (tertiary/aromatic N) is 1. The van der Waals surface area contributed by atoms with Gasteiger partial charge < -0.3 is 47.2 Å². The van der Waals surface area contributed by atoms with Crippen LogP contribution in [0.1, 0.15) is 59.8 Å². The fourth-order valence-corrected chi connectivity index (χ4v) is 4.84. The molecule has 1 aliphatic heterocycles. The second kappa shape index (κ2) is 18.1. The van der Waals surface area contributed by atoms with E-state index in [1.165, 1.54) is 4.90 Å². The molecule has 17 nitrogen and oxygen atoms in total. The molecular formula is C27H44N6O11S. The topological polar surface area (TPSA) is 275 Å². The van der Waals surface area contributed by atoms with Crippen LogP contribution in [0.15, 0.2) is 0 Å². The van der Waals surface area contributed by atoms with E-state index in [-0.39, 0.29) is 18.7 Å². The lowest BCUT2D eigenvalue weighted by atomic mass is 9.95. The van der Waals surface area contributed by atoms with Crippen molar-refractivity contribution in [1.29, 1.82) is 0 Å². The predicted molar refractivity (Wildman–Crippen MR) is 161 cm³/mol. The van der Waals surface area contributed by atoms with Crippen LogP contribution >= 0.6 is 12.6 Å². The number of carbonyl (C=O) groups excluding carboxylic acids is 5. The molecule has 0 spiro atoms. The lowest BCUT2D eigenvalue weighted by Gasteiger charge is -2.33. The van der Waals surface area contributed by atoms with Gasteiger partial charge in [0.2, 0.25) is 29.5 Å². The normalized spacial score (nSPS) is 18.5. The third-order valence-corrected chi connectivity index (χ3v) is 7.77. The average Bonchev–Trinajstić information content (AvgIpc) is 3.45. The van der Waals surface area contributed by atoms with Gasteiger partial charge in [-0.1, -0.05) is 34.1 Å². The van der Waals surface area contributed by atoms with Crippen LogP contribution < -0.4 is 27.0 Å². The lowest BCUT2D eigenvalue weighted by molar-refractivity contribution is -0.145. The summed E-state index contributed by atoms with van der Waals surface area (Å²) in [7, 11) is 0. The Morgan fingerprint density at radius 3 is 1.89 bits per heavy atom. The maximum atomic E-state index is 13.6. The van der Waals surface area contributed by atoms with Crippen molar-refractivity contribution < 1.29 is 53.7 Å². The Balaban J connectivity index is 3.17. The summed E-state index contributed by atoms with van der Waals surface area (Å²) >= 11 is 3.93. The molecule has 9 N–H and O–H groups in total. The largest absolute Gasteiger partial charge is 0.481 e. The number of amides is 5. The van der Waals surface area contributed by atoms with Crippen molar-refractivity contribution in [1.82, 2.24) is 26.2 Å².